The normalized spacial score (nSPS) is 10.9. The van der Waals surface area contributed by atoms with Crippen molar-refractivity contribution in [3.8, 4) is 11.3 Å². The van der Waals surface area contributed by atoms with E-state index in [0.29, 0.717) is 0 Å². The molecule has 3 rings (SSSR count). The predicted octanol–water partition coefficient (Wildman–Crippen LogP) is 2.64. The Balaban J connectivity index is 2.19. The average molecular weight is 242 g/mol. The molecule has 0 bridgehead atoms. The standard InChI is InChI=1S/C12H10N4S/c1-7-11(15-16-12(13)14-7)9-2-3-10-8(6-9)4-5-17-10/h2-6H,1H3,(H2,13,14,16). The van der Waals surface area contributed by atoms with Crippen molar-refractivity contribution in [3.63, 3.8) is 0 Å². The number of hydrogen-bond donors (Lipinski definition) is 1. The Morgan fingerprint density at radius 3 is 2.88 bits per heavy atom. The van der Waals surface area contributed by atoms with E-state index in [1.54, 1.807) is 11.3 Å². The first-order valence-electron chi connectivity index (χ1n) is 5.18. The van der Waals surface area contributed by atoms with E-state index in [1.807, 2.05) is 13.0 Å². The van der Waals surface area contributed by atoms with E-state index in [4.69, 9.17) is 5.73 Å². The van der Waals surface area contributed by atoms with Gasteiger partial charge >= 0.3 is 0 Å². The number of nitrogens with zero attached hydrogens (tertiary/aromatic N) is 3. The zero-order valence-corrected chi connectivity index (χ0v) is 10.0. The molecular formula is C12H10N4S. The van der Waals surface area contributed by atoms with Crippen LogP contribution in [0.25, 0.3) is 21.3 Å². The van der Waals surface area contributed by atoms with Crippen molar-refractivity contribution in [2.75, 3.05) is 5.73 Å². The summed E-state index contributed by atoms with van der Waals surface area (Å²) < 4.78 is 1.27. The van der Waals surface area contributed by atoms with Crippen LogP contribution in [0.5, 0.6) is 0 Å². The Morgan fingerprint density at radius 2 is 2.06 bits per heavy atom. The molecule has 0 aliphatic carbocycles. The lowest BCUT2D eigenvalue weighted by Crippen LogP contribution is -2.01. The molecule has 2 N–H and O–H groups in total. The van der Waals surface area contributed by atoms with Crippen LogP contribution >= 0.6 is 11.3 Å². The summed E-state index contributed by atoms with van der Waals surface area (Å²) in [6.45, 7) is 1.89. The molecular weight excluding hydrogens is 232 g/mol. The van der Waals surface area contributed by atoms with Crippen LogP contribution < -0.4 is 5.73 Å². The molecule has 0 amide bonds. The lowest BCUT2D eigenvalue weighted by Gasteiger charge is -2.03. The molecule has 84 valence electrons. The summed E-state index contributed by atoms with van der Waals surface area (Å²) in [7, 11) is 0. The van der Waals surface area contributed by atoms with Crippen molar-refractivity contribution >= 4 is 27.4 Å². The van der Waals surface area contributed by atoms with E-state index >= 15 is 0 Å². The number of benzene rings is 1. The maximum absolute atomic E-state index is 5.50. The minimum Gasteiger partial charge on any atom is -0.366 e. The van der Waals surface area contributed by atoms with Crippen molar-refractivity contribution in [2.24, 2.45) is 0 Å². The third kappa shape index (κ3) is 1.74. The Bertz CT molecular complexity index is 690. The smallest absolute Gasteiger partial charge is 0.240 e. The minimum absolute atomic E-state index is 0.211. The molecule has 4 nitrogen and oxygen atoms in total. The highest BCUT2D eigenvalue weighted by Gasteiger charge is 2.07. The molecule has 0 atom stereocenters. The summed E-state index contributed by atoms with van der Waals surface area (Å²) in [6, 6.07) is 8.32. The number of hydrogen-bond acceptors (Lipinski definition) is 5. The van der Waals surface area contributed by atoms with Gasteiger partial charge in [0.05, 0.1) is 5.69 Å². The third-order valence-corrected chi connectivity index (χ3v) is 3.50. The van der Waals surface area contributed by atoms with Gasteiger partial charge in [-0.3, -0.25) is 0 Å². The van der Waals surface area contributed by atoms with Gasteiger partial charge in [0.1, 0.15) is 5.69 Å². The van der Waals surface area contributed by atoms with Crippen molar-refractivity contribution in [1.82, 2.24) is 15.2 Å². The Kier molecular flexibility index (Phi) is 2.26. The van der Waals surface area contributed by atoms with Crippen LogP contribution in [0, 0.1) is 6.92 Å². The van der Waals surface area contributed by atoms with Gasteiger partial charge in [0.15, 0.2) is 0 Å². The second kappa shape index (κ2) is 3.78. The van der Waals surface area contributed by atoms with Gasteiger partial charge in [-0.05, 0) is 35.9 Å². The molecule has 0 unspecified atom stereocenters. The van der Waals surface area contributed by atoms with Crippen molar-refractivity contribution < 1.29 is 0 Å². The van der Waals surface area contributed by atoms with Crippen molar-refractivity contribution in [2.45, 2.75) is 6.92 Å². The number of anilines is 1. The van der Waals surface area contributed by atoms with Crippen LogP contribution in [0.3, 0.4) is 0 Å². The molecule has 2 aromatic heterocycles. The molecule has 3 aromatic rings. The molecule has 0 saturated heterocycles. The first-order valence-corrected chi connectivity index (χ1v) is 6.06. The number of rotatable bonds is 1. The van der Waals surface area contributed by atoms with E-state index in [0.717, 1.165) is 17.0 Å². The van der Waals surface area contributed by atoms with Gasteiger partial charge in [-0.15, -0.1) is 21.5 Å². The molecule has 17 heavy (non-hydrogen) atoms. The molecule has 0 radical (unpaired) electrons. The second-order valence-electron chi connectivity index (χ2n) is 3.78. The van der Waals surface area contributed by atoms with Gasteiger partial charge < -0.3 is 5.73 Å². The van der Waals surface area contributed by atoms with E-state index in [2.05, 4.69) is 38.8 Å². The van der Waals surface area contributed by atoms with E-state index in [1.165, 1.54) is 10.1 Å². The molecule has 0 fully saturated rings. The molecule has 5 heteroatoms. The van der Waals surface area contributed by atoms with Gasteiger partial charge in [0.25, 0.3) is 0 Å². The summed E-state index contributed by atoms with van der Waals surface area (Å²) in [5.41, 5.74) is 8.10. The van der Waals surface area contributed by atoms with Crippen LogP contribution in [0.1, 0.15) is 5.69 Å². The average Bonchev–Trinajstić information content (AvgIpc) is 2.75. The summed E-state index contributed by atoms with van der Waals surface area (Å²) in [5.74, 6) is 0.211. The SMILES string of the molecule is Cc1nc(N)nnc1-c1ccc2sccc2c1. The Hall–Kier alpha value is -2.01. The summed E-state index contributed by atoms with van der Waals surface area (Å²) in [5, 5.41) is 11.2. The number of thiophene rings is 1. The number of nitrogen functional groups attached to an aromatic ring is 1. The predicted molar refractivity (Wildman–Crippen MR) is 69.8 cm³/mol. The molecule has 0 aliphatic rings. The quantitative estimate of drug-likeness (QED) is 0.712. The van der Waals surface area contributed by atoms with Gasteiger partial charge in [0.2, 0.25) is 5.95 Å². The molecule has 0 aliphatic heterocycles. The molecule has 0 saturated carbocycles. The first kappa shape index (κ1) is 10.2. The maximum atomic E-state index is 5.50. The highest BCUT2D eigenvalue weighted by atomic mass is 32.1. The Labute approximate surface area is 102 Å². The van der Waals surface area contributed by atoms with E-state index < -0.39 is 0 Å². The van der Waals surface area contributed by atoms with Gasteiger partial charge in [-0.25, -0.2) is 4.98 Å². The van der Waals surface area contributed by atoms with E-state index in [9.17, 15) is 0 Å². The number of fused-ring (bicyclic) bond motifs is 1. The second-order valence-corrected chi connectivity index (χ2v) is 4.72. The lowest BCUT2D eigenvalue weighted by molar-refractivity contribution is 0.964. The number of aromatic nitrogens is 3. The van der Waals surface area contributed by atoms with Crippen LogP contribution in [-0.2, 0) is 0 Å². The zero-order chi connectivity index (χ0) is 11.8. The Morgan fingerprint density at radius 1 is 1.18 bits per heavy atom. The monoisotopic (exact) mass is 242 g/mol. The maximum Gasteiger partial charge on any atom is 0.240 e. The summed E-state index contributed by atoms with van der Waals surface area (Å²) >= 11 is 1.73. The van der Waals surface area contributed by atoms with Crippen LogP contribution in [0.15, 0.2) is 29.6 Å². The van der Waals surface area contributed by atoms with Gasteiger partial charge in [-0.1, -0.05) is 6.07 Å². The molecule has 2 heterocycles. The van der Waals surface area contributed by atoms with Crippen LogP contribution in [0.2, 0.25) is 0 Å². The van der Waals surface area contributed by atoms with Gasteiger partial charge in [0, 0.05) is 10.3 Å². The molecule has 0 spiro atoms. The molecule has 1 aromatic carbocycles. The summed E-state index contributed by atoms with van der Waals surface area (Å²) in [4.78, 5) is 4.12. The van der Waals surface area contributed by atoms with Crippen LogP contribution in [-0.4, -0.2) is 15.2 Å². The fourth-order valence-electron chi connectivity index (χ4n) is 1.80. The lowest BCUT2D eigenvalue weighted by atomic mass is 10.1. The van der Waals surface area contributed by atoms with Crippen molar-refractivity contribution in [3.05, 3.63) is 35.3 Å². The third-order valence-electron chi connectivity index (χ3n) is 2.60. The fourth-order valence-corrected chi connectivity index (χ4v) is 2.57. The fraction of sp³-hybridized carbons (Fsp3) is 0.0833. The topological polar surface area (TPSA) is 64.7 Å². The number of aryl methyl sites for hydroxylation is 1. The van der Waals surface area contributed by atoms with Crippen LogP contribution in [0.4, 0.5) is 5.95 Å². The van der Waals surface area contributed by atoms with Gasteiger partial charge in [-0.2, -0.15) is 0 Å². The highest BCUT2D eigenvalue weighted by Crippen LogP contribution is 2.27. The first-order chi connectivity index (χ1) is 8.24. The minimum atomic E-state index is 0.211. The largest absolute Gasteiger partial charge is 0.366 e. The zero-order valence-electron chi connectivity index (χ0n) is 9.21. The summed E-state index contributed by atoms with van der Waals surface area (Å²) in [6.07, 6.45) is 0. The van der Waals surface area contributed by atoms with Crippen molar-refractivity contribution in [1.29, 1.82) is 0 Å². The van der Waals surface area contributed by atoms with E-state index in [-0.39, 0.29) is 5.95 Å². The number of nitrogens with two attached hydrogens (primary N) is 1. The highest BCUT2D eigenvalue weighted by molar-refractivity contribution is 7.17.